The first-order valence-corrected chi connectivity index (χ1v) is 8.12. The van der Waals surface area contributed by atoms with Gasteiger partial charge < -0.3 is 30.3 Å². The number of carboxylic acids is 1. The number of carboxylic acid groups (broad SMARTS) is 1. The van der Waals surface area contributed by atoms with Crippen LogP contribution in [0.15, 0.2) is 12.1 Å². The molecule has 9 nitrogen and oxygen atoms in total. The lowest BCUT2D eigenvalue weighted by atomic mass is 9.68. The Labute approximate surface area is 142 Å². The molecule has 25 heavy (non-hydrogen) atoms. The minimum atomic E-state index is -3.06. The number of nitrogens with two attached hydrogens (primary N) is 1. The second-order valence-corrected chi connectivity index (χ2v) is 6.95. The normalized spacial score (nSPS) is 26.6. The Kier molecular flexibility index (Phi) is 3.46. The van der Waals surface area contributed by atoms with Crippen LogP contribution < -0.4 is 15.1 Å². The summed E-state index contributed by atoms with van der Waals surface area (Å²) in [5.74, 6) is -2.08. The highest BCUT2D eigenvalue weighted by molar-refractivity contribution is 6.62. The Hall–Kier alpha value is -2.30. The van der Waals surface area contributed by atoms with Gasteiger partial charge in [-0.05, 0) is 17.5 Å². The lowest BCUT2D eigenvalue weighted by Crippen LogP contribution is -2.56. The predicted octanol–water partition coefficient (Wildman–Crippen LogP) is -0.893. The Morgan fingerprint density at radius 1 is 1.36 bits per heavy atom. The lowest BCUT2D eigenvalue weighted by Gasteiger charge is -2.40. The van der Waals surface area contributed by atoms with Crippen LogP contribution >= 0.6 is 0 Å². The van der Waals surface area contributed by atoms with Crippen LogP contribution in [0.3, 0.4) is 0 Å². The number of hydrogen-bond donors (Lipinski definition) is 4. The fourth-order valence-electron chi connectivity index (χ4n) is 3.74. The summed E-state index contributed by atoms with van der Waals surface area (Å²) in [6, 6.07) is 3.29. The average molecular weight is 349 g/mol. The molecular formula is C15H18BN2O7-. The van der Waals surface area contributed by atoms with Crippen LogP contribution in [0, 0.1) is 0 Å². The van der Waals surface area contributed by atoms with Gasteiger partial charge in [-0.25, -0.2) is 4.79 Å². The Morgan fingerprint density at radius 2 is 2.08 bits per heavy atom. The maximum absolute atomic E-state index is 11.7. The van der Waals surface area contributed by atoms with Crippen molar-refractivity contribution in [3.05, 3.63) is 23.3 Å². The second-order valence-electron chi connectivity index (χ2n) is 6.95. The number of likely N-dealkylation sites (tertiary alicyclic amines) is 1. The van der Waals surface area contributed by atoms with Gasteiger partial charge in [-0.15, -0.1) is 0 Å². The van der Waals surface area contributed by atoms with Crippen molar-refractivity contribution in [1.29, 1.82) is 0 Å². The maximum atomic E-state index is 11.7. The molecule has 1 aromatic carbocycles. The van der Waals surface area contributed by atoms with Gasteiger partial charge in [-0.1, -0.05) is 18.3 Å². The van der Waals surface area contributed by atoms with Crippen molar-refractivity contribution < 1.29 is 34.1 Å². The molecule has 0 aromatic heterocycles. The van der Waals surface area contributed by atoms with Crippen molar-refractivity contribution in [2.45, 2.75) is 24.3 Å². The molecule has 5 N–H and O–H groups in total. The number of hydrogen-bond acceptors (Lipinski definition) is 7. The Bertz CT molecular complexity index is 762. The zero-order valence-electron chi connectivity index (χ0n) is 13.3. The zero-order valence-corrected chi connectivity index (χ0v) is 13.3. The van der Waals surface area contributed by atoms with Crippen molar-refractivity contribution in [2.24, 2.45) is 5.73 Å². The van der Waals surface area contributed by atoms with Gasteiger partial charge in [0.2, 0.25) is 5.91 Å². The summed E-state index contributed by atoms with van der Waals surface area (Å²) in [6.07, 6.45) is 0.288. The fraction of sp³-hybridized carbons (Fsp3) is 0.467. The van der Waals surface area contributed by atoms with Gasteiger partial charge >= 0.3 is 12.7 Å². The first-order valence-electron chi connectivity index (χ1n) is 8.12. The standard InChI is InChI=1S/C15H18BN2O7/c17-12(19)6-18-4-7(5-18)24-11-2-1-8-9-3-10(9)16(22,23)25-14(8)13(11)15(20)21/h1-2,7,9-10,22-23H,3-6H2,(H2,17,19)(H,20,21)/q-1/t9?,10-/m1/s1. The summed E-state index contributed by atoms with van der Waals surface area (Å²) in [6.45, 7) is -2.02. The van der Waals surface area contributed by atoms with Gasteiger partial charge in [0.15, 0.2) is 0 Å². The lowest BCUT2D eigenvalue weighted by molar-refractivity contribution is -0.121. The summed E-state index contributed by atoms with van der Waals surface area (Å²) in [7, 11) is 0. The molecule has 2 aliphatic heterocycles. The van der Waals surface area contributed by atoms with Crippen LogP contribution in [0.5, 0.6) is 11.5 Å². The monoisotopic (exact) mass is 349 g/mol. The van der Waals surface area contributed by atoms with Crippen molar-refractivity contribution in [3.8, 4) is 11.5 Å². The highest BCUT2D eigenvalue weighted by Crippen LogP contribution is 2.63. The molecule has 134 valence electrons. The van der Waals surface area contributed by atoms with Crippen LogP contribution in [0.4, 0.5) is 0 Å². The van der Waals surface area contributed by atoms with Gasteiger partial charge in [0.05, 0.1) is 12.3 Å². The summed E-state index contributed by atoms with van der Waals surface area (Å²) in [4.78, 5) is 24.4. The van der Waals surface area contributed by atoms with Gasteiger partial charge in [-0.2, -0.15) is 0 Å². The molecule has 1 aromatic rings. The molecule has 1 saturated heterocycles. The smallest absolute Gasteiger partial charge is 0.434 e. The topological polar surface area (TPSA) is 143 Å². The highest BCUT2D eigenvalue weighted by Gasteiger charge is 2.55. The molecule has 0 bridgehead atoms. The Morgan fingerprint density at radius 3 is 2.72 bits per heavy atom. The van der Waals surface area contributed by atoms with Crippen LogP contribution in [0.1, 0.15) is 28.3 Å². The summed E-state index contributed by atoms with van der Waals surface area (Å²) >= 11 is 0. The van der Waals surface area contributed by atoms with Crippen LogP contribution in [0.2, 0.25) is 5.82 Å². The minimum Gasteiger partial charge on any atom is -0.669 e. The van der Waals surface area contributed by atoms with E-state index in [1.165, 1.54) is 0 Å². The molecule has 2 fully saturated rings. The molecule has 10 heteroatoms. The third kappa shape index (κ3) is 2.72. The summed E-state index contributed by atoms with van der Waals surface area (Å²) < 4.78 is 11.0. The van der Waals surface area contributed by atoms with E-state index >= 15 is 0 Å². The van der Waals surface area contributed by atoms with Crippen LogP contribution in [-0.4, -0.2) is 64.4 Å². The summed E-state index contributed by atoms with van der Waals surface area (Å²) in [5, 5.41) is 29.6. The fourth-order valence-corrected chi connectivity index (χ4v) is 3.74. The third-order valence-corrected chi connectivity index (χ3v) is 5.05. The third-order valence-electron chi connectivity index (χ3n) is 5.05. The van der Waals surface area contributed by atoms with Crippen molar-refractivity contribution in [3.63, 3.8) is 0 Å². The van der Waals surface area contributed by atoms with E-state index in [-0.39, 0.29) is 41.4 Å². The molecule has 1 saturated carbocycles. The van der Waals surface area contributed by atoms with Crippen molar-refractivity contribution in [1.82, 2.24) is 4.90 Å². The number of primary amides is 1. The highest BCUT2D eigenvalue weighted by atomic mass is 16.6. The number of aromatic carboxylic acids is 1. The number of carbonyl (C=O) groups excluding carboxylic acids is 1. The number of ether oxygens (including phenoxy) is 1. The number of fused-ring (bicyclic) bond motifs is 3. The van der Waals surface area contributed by atoms with Crippen LogP contribution in [0.25, 0.3) is 0 Å². The Balaban J connectivity index is 1.58. The van der Waals surface area contributed by atoms with E-state index in [9.17, 15) is 24.7 Å². The molecule has 4 rings (SSSR count). The molecular weight excluding hydrogens is 331 g/mol. The van der Waals surface area contributed by atoms with Gasteiger partial charge in [0.1, 0.15) is 17.4 Å². The van der Waals surface area contributed by atoms with E-state index in [4.69, 9.17) is 15.1 Å². The number of carbonyl (C=O) groups is 2. The minimum absolute atomic E-state index is 0.0259. The number of rotatable bonds is 5. The van der Waals surface area contributed by atoms with Gasteiger partial charge in [0, 0.05) is 13.1 Å². The van der Waals surface area contributed by atoms with E-state index in [1.54, 1.807) is 17.0 Å². The SMILES string of the molecule is NC(=O)CN1CC(Oc2ccc3c(c2C(=O)O)O[B-](O)(O)[C@@H]2CC32)C1. The first-order chi connectivity index (χ1) is 11.8. The van der Waals surface area contributed by atoms with E-state index in [1.807, 2.05) is 0 Å². The number of nitrogens with zero attached hydrogens (tertiary/aromatic N) is 1. The first kappa shape index (κ1) is 16.2. The quantitative estimate of drug-likeness (QED) is 0.501. The van der Waals surface area contributed by atoms with E-state index in [0.29, 0.717) is 25.1 Å². The molecule has 0 spiro atoms. The van der Waals surface area contributed by atoms with E-state index in [2.05, 4.69) is 0 Å². The molecule has 1 aliphatic carbocycles. The average Bonchev–Trinajstić information content (AvgIpc) is 3.25. The predicted molar refractivity (Wildman–Crippen MR) is 85.4 cm³/mol. The molecule has 1 unspecified atom stereocenters. The largest absolute Gasteiger partial charge is 0.669 e. The molecule has 0 radical (unpaired) electrons. The van der Waals surface area contributed by atoms with Crippen molar-refractivity contribution >= 4 is 18.6 Å². The second kappa shape index (κ2) is 5.35. The maximum Gasteiger partial charge on any atom is 0.434 e. The number of amides is 1. The molecule has 3 aliphatic rings. The van der Waals surface area contributed by atoms with Gasteiger partial charge in [-0.3, -0.25) is 9.69 Å². The number of benzene rings is 1. The molecule has 2 heterocycles. The molecule has 1 amide bonds. The van der Waals surface area contributed by atoms with Crippen molar-refractivity contribution in [2.75, 3.05) is 19.6 Å². The summed E-state index contributed by atoms with van der Waals surface area (Å²) in [5.41, 5.74) is 5.58. The van der Waals surface area contributed by atoms with E-state index < -0.39 is 18.6 Å². The van der Waals surface area contributed by atoms with E-state index in [0.717, 1.165) is 0 Å². The zero-order chi connectivity index (χ0) is 17.9. The molecule has 2 atom stereocenters. The van der Waals surface area contributed by atoms with Crippen LogP contribution in [-0.2, 0) is 4.79 Å². The van der Waals surface area contributed by atoms with Gasteiger partial charge in [0.25, 0.3) is 0 Å².